The number of amides is 1. The normalized spacial score (nSPS) is 10.1. The predicted octanol–water partition coefficient (Wildman–Crippen LogP) is 0.0205. The molecule has 16 heavy (non-hydrogen) atoms. The summed E-state index contributed by atoms with van der Waals surface area (Å²) in [5.74, 6) is -1.08. The molecule has 0 aromatic rings. The number of nitrogens with one attached hydrogen (secondary N) is 1. The van der Waals surface area contributed by atoms with Crippen LogP contribution >= 0.6 is 0 Å². The van der Waals surface area contributed by atoms with Gasteiger partial charge in [-0.25, -0.2) is 4.79 Å². The molecule has 0 aliphatic carbocycles. The highest BCUT2D eigenvalue weighted by atomic mass is 16.5. The maximum Gasteiger partial charge on any atom is 0.329 e. The van der Waals surface area contributed by atoms with E-state index in [-0.39, 0.29) is 19.1 Å². The highest BCUT2D eigenvalue weighted by Crippen LogP contribution is 1.89. The molecule has 0 aliphatic heterocycles. The second kappa shape index (κ2) is 10.4. The number of ether oxygens (including phenoxy) is 2. The van der Waals surface area contributed by atoms with Crippen molar-refractivity contribution in [3.63, 3.8) is 0 Å². The van der Waals surface area contributed by atoms with E-state index in [1.54, 1.807) is 0 Å². The summed E-state index contributed by atoms with van der Waals surface area (Å²) in [6.45, 7) is 3.36. The van der Waals surface area contributed by atoms with Crippen LogP contribution in [-0.4, -0.2) is 50.0 Å². The molecule has 0 heterocycles. The van der Waals surface area contributed by atoms with Crippen LogP contribution in [0.15, 0.2) is 0 Å². The maximum atomic E-state index is 11.2. The number of hydrogen-bond donors (Lipinski definition) is 2. The fraction of sp³-hybridized carbons (Fsp3) is 0.800. The number of hydrogen-bond acceptors (Lipinski definition) is 4. The van der Waals surface area contributed by atoms with Gasteiger partial charge in [0.25, 0.3) is 0 Å². The van der Waals surface area contributed by atoms with Crippen molar-refractivity contribution < 1.29 is 24.2 Å². The summed E-state index contributed by atoms with van der Waals surface area (Å²) in [7, 11) is 0. The third-order valence-corrected chi connectivity index (χ3v) is 1.69. The van der Waals surface area contributed by atoms with Crippen LogP contribution in [0.1, 0.15) is 19.8 Å². The number of carbonyl (C=O) groups is 2. The second-order valence-electron chi connectivity index (χ2n) is 3.10. The van der Waals surface area contributed by atoms with E-state index >= 15 is 0 Å². The fourth-order valence-corrected chi connectivity index (χ4v) is 0.990. The van der Waals surface area contributed by atoms with Gasteiger partial charge in [0, 0.05) is 26.2 Å². The molecule has 0 rings (SSSR count). The molecule has 0 atom stereocenters. The van der Waals surface area contributed by atoms with E-state index in [9.17, 15) is 9.59 Å². The van der Waals surface area contributed by atoms with Gasteiger partial charge in [-0.3, -0.25) is 4.79 Å². The van der Waals surface area contributed by atoms with E-state index in [2.05, 4.69) is 5.32 Å². The van der Waals surface area contributed by atoms with Crippen molar-refractivity contribution in [1.29, 1.82) is 0 Å². The van der Waals surface area contributed by atoms with Crippen LogP contribution in [0.5, 0.6) is 0 Å². The Morgan fingerprint density at radius 3 is 2.62 bits per heavy atom. The minimum Gasteiger partial charge on any atom is -0.480 e. The van der Waals surface area contributed by atoms with Crippen molar-refractivity contribution in [1.82, 2.24) is 5.32 Å². The lowest BCUT2D eigenvalue weighted by Gasteiger charge is -2.05. The summed E-state index contributed by atoms with van der Waals surface area (Å²) >= 11 is 0. The van der Waals surface area contributed by atoms with Crippen LogP contribution in [0, 0.1) is 0 Å². The quantitative estimate of drug-likeness (QED) is 0.520. The molecule has 0 aromatic heterocycles. The number of aliphatic carboxylic acids is 1. The third-order valence-electron chi connectivity index (χ3n) is 1.69. The van der Waals surface area contributed by atoms with E-state index in [1.165, 1.54) is 0 Å². The van der Waals surface area contributed by atoms with Crippen molar-refractivity contribution >= 4 is 11.9 Å². The lowest BCUT2D eigenvalue weighted by Crippen LogP contribution is -2.27. The van der Waals surface area contributed by atoms with Crippen molar-refractivity contribution in [2.75, 3.05) is 33.0 Å². The Bertz CT molecular complexity index is 207. The average Bonchev–Trinajstić information content (AvgIpc) is 2.23. The molecule has 6 nitrogen and oxygen atoms in total. The number of carboxylic acids is 1. The number of carboxylic acid groups (broad SMARTS) is 1. The minimum absolute atomic E-state index is 0.0707. The molecule has 0 unspecified atom stereocenters. The standard InChI is InChI=1S/C10H19NO5/c1-2-15-6-3-4-9(12)11-5-7-16-8-10(13)14/h2-8H2,1H3,(H,11,12)(H,13,14). The van der Waals surface area contributed by atoms with Gasteiger partial charge >= 0.3 is 5.97 Å². The van der Waals surface area contributed by atoms with Gasteiger partial charge in [0.15, 0.2) is 0 Å². The molecule has 94 valence electrons. The van der Waals surface area contributed by atoms with Crippen molar-refractivity contribution in [2.45, 2.75) is 19.8 Å². The minimum atomic E-state index is -1.01. The average molecular weight is 233 g/mol. The molecule has 0 radical (unpaired) electrons. The van der Waals surface area contributed by atoms with Crippen molar-refractivity contribution in [3.05, 3.63) is 0 Å². The van der Waals surface area contributed by atoms with Gasteiger partial charge in [-0.2, -0.15) is 0 Å². The van der Waals surface area contributed by atoms with Crippen LogP contribution in [0.4, 0.5) is 0 Å². The van der Waals surface area contributed by atoms with Crippen LogP contribution in [0.3, 0.4) is 0 Å². The van der Waals surface area contributed by atoms with E-state index in [0.717, 1.165) is 0 Å². The Morgan fingerprint density at radius 2 is 2.00 bits per heavy atom. The monoisotopic (exact) mass is 233 g/mol. The zero-order valence-corrected chi connectivity index (χ0v) is 9.53. The summed E-state index contributed by atoms with van der Waals surface area (Å²) < 4.78 is 9.83. The van der Waals surface area contributed by atoms with Crippen LogP contribution in [-0.2, 0) is 19.1 Å². The Kier molecular flexibility index (Phi) is 9.64. The molecule has 0 spiro atoms. The van der Waals surface area contributed by atoms with Crippen molar-refractivity contribution in [3.8, 4) is 0 Å². The molecular formula is C10H19NO5. The van der Waals surface area contributed by atoms with Crippen LogP contribution < -0.4 is 5.32 Å². The number of rotatable bonds is 10. The van der Waals surface area contributed by atoms with Gasteiger partial charge < -0.3 is 19.9 Å². The first-order valence-electron chi connectivity index (χ1n) is 5.30. The molecule has 0 aliphatic rings. The second-order valence-corrected chi connectivity index (χ2v) is 3.10. The zero-order valence-electron chi connectivity index (χ0n) is 9.53. The molecule has 2 N–H and O–H groups in total. The first-order chi connectivity index (χ1) is 7.66. The Labute approximate surface area is 94.9 Å². The highest BCUT2D eigenvalue weighted by molar-refractivity contribution is 5.75. The molecule has 1 amide bonds. The Morgan fingerprint density at radius 1 is 1.25 bits per heavy atom. The van der Waals surface area contributed by atoms with Gasteiger partial charge in [0.1, 0.15) is 6.61 Å². The molecule has 0 aromatic carbocycles. The summed E-state index contributed by atoms with van der Waals surface area (Å²) in [6.07, 6.45) is 1.11. The molecular weight excluding hydrogens is 214 g/mol. The van der Waals surface area contributed by atoms with E-state index < -0.39 is 5.97 Å². The van der Waals surface area contributed by atoms with Gasteiger partial charge in [0.2, 0.25) is 5.91 Å². The summed E-state index contributed by atoms with van der Waals surface area (Å²) in [6, 6.07) is 0. The molecule has 0 saturated carbocycles. The molecule has 0 saturated heterocycles. The smallest absolute Gasteiger partial charge is 0.329 e. The summed E-state index contributed by atoms with van der Waals surface area (Å²) in [5, 5.41) is 10.9. The Balaban J connectivity index is 3.20. The van der Waals surface area contributed by atoms with Crippen molar-refractivity contribution in [2.24, 2.45) is 0 Å². The molecule has 6 heteroatoms. The fourth-order valence-electron chi connectivity index (χ4n) is 0.990. The zero-order chi connectivity index (χ0) is 12.2. The third kappa shape index (κ3) is 10.9. The van der Waals surface area contributed by atoms with E-state index in [4.69, 9.17) is 14.6 Å². The van der Waals surface area contributed by atoms with E-state index in [1.807, 2.05) is 6.92 Å². The van der Waals surface area contributed by atoms with Gasteiger partial charge in [0.05, 0.1) is 6.61 Å². The lowest BCUT2D eigenvalue weighted by molar-refractivity contribution is -0.142. The summed E-state index contributed by atoms with van der Waals surface area (Å²) in [5.41, 5.74) is 0. The highest BCUT2D eigenvalue weighted by Gasteiger charge is 2.00. The topological polar surface area (TPSA) is 84.9 Å². The largest absolute Gasteiger partial charge is 0.480 e. The lowest BCUT2D eigenvalue weighted by atomic mass is 10.3. The van der Waals surface area contributed by atoms with Gasteiger partial charge in [-0.15, -0.1) is 0 Å². The van der Waals surface area contributed by atoms with Crippen LogP contribution in [0.25, 0.3) is 0 Å². The summed E-state index contributed by atoms with van der Waals surface area (Å²) in [4.78, 5) is 21.2. The van der Waals surface area contributed by atoms with Gasteiger partial charge in [-0.1, -0.05) is 0 Å². The predicted molar refractivity (Wildman–Crippen MR) is 57.2 cm³/mol. The van der Waals surface area contributed by atoms with E-state index in [0.29, 0.717) is 32.6 Å². The van der Waals surface area contributed by atoms with Gasteiger partial charge in [-0.05, 0) is 13.3 Å². The number of carbonyl (C=O) groups excluding carboxylic acids is 1. The van der Waals surface area contributed by atoms with Crippen LogP contribution in [0.2, 0.25) is 0 Å². The molecule has 0 bridgehead atoms. The first-order valence-corrected chi connectivity index (χ1v) is 5.30. The SMILES string of the molecule is CCOCCCC(=O)NCCOCC(=O)O. The first kappa shape index (κ1) is 14.9. The molecule has 0 fully saturated rings. The maximum absolute atomic E-state index is 11.2. The Hall–Kier alpha value is -1.14.